The molecule has 4 nitrogen and oxygen atoms in total. The van der Waals surface area contributed by atoms with E-state index in [1.807, 2.05) is 18.7 Å². The van der Waals surface area contributed by atoms with E-state index in [2.05, 4.69) is 0 Å². The summed E-state index contributed by atoms with van der Waals surface area (Å²) in [6.45, 7) is 6.49. The van der Waals surface area contributed by atoms with Crippen LogP contribution >= 0.6 is 0 Å². The Labute approximate surface area is 137 Å². The standard InChI is InChI=1S/C17H27F2NO3/c1-13(2)11-23-12-16(21)10-20(6-7-22-3)9-14-4-5-15(18)8-17(14)19/h4-5,8,13,16,21H,6-7,9-12H2,1-3H3. The van der Waals surface area contributed by atoms with Crippen molar-refractivity contribution in [1.82, 2.24) is 4.90 Å². The minimum absolute atomic E-state index is 0.230. The molecule has 23 heavy (non-hydrogen) atoms. The molecule has 0 spiro atoms. The number of ether oxygens (including phenoxy) is 2. The predicted molar refractivity (Wildman–Crippen MR) is 85.2 cm³/mol. The molecule has 0 saturated carbocycles. The fourth-order valence-electron chi connectivity index (χ4n) is 2.14. The quantitative estimate of drug-likeness (QED) is 0.676. The van der Waals surface area contributed by atoms with Gasteiger partial charge in [-0.1, -0.05) is 19.9 Å². The van der Waals surface area contributed by atoms with E-state index in [4.69, 9.17) is 9.47 Å². The Morgan fingerprint density at radius 3 is 2.57 bits per heavy atom. The summed E-state index contributed by atoms with van der Waals surface area (Å²) in [4.78, 5) is 1.86. The van der Waals surface area contributed by atoms with Gasteiger partial charge in [0.1, 0.15) is 11.6 Å². The summed E-state index contributed by atoms with van der Waals surface area (Å²) in [6.07, 6.45) is -0.672. The van der Waals surface area contributed by atoms with Gasteiger partial charge in [-0.25, -0.2) is 8.78 Å². The summed E-state index contributed by atoms with van der Waals surface area (Å²) in [5, 5.41) is 10.1. The van der Waals surface area contributed by atoms with Crippen molar-refractivity contribution in [3.05, 3.63) is 35.4 Å². The van der Waals surface area contributed by atoms with Gasteiger partial charge in [0.2, 0.25) is 0 Å². The van der Waals surface area contributed by atoms with E-state index in [9.17, 15) is 13.9 Å². The van der Waals surface area contributed by atoms with Gasteiger partial charge in [0.25, 0.3) is 0 Å². The Kier molecular flexibility index (Phi) is 9.24. The van der Waals surface area contributed by atoms with E-state index < -0.39 is 17.7 Å². The predicted octanol–water partition coefficient (Wildman–Crippen LogP) is 2.45. The summed E-state index contributed by atoms with van der Waals surface area (Å²) in [6, 6.07) is 3.52. The van der Waals surface area contributed by atoms with Gasteiger partial charge in [-0.05, 0) is 12.0 Å². The van der Waals surface area contributed by atoms with Gasteiger partial charge in [0.15, 0.2) is 0 Å². The van der Waals surface area contributed by atoms with Gasteiger partial charge in [-0.15, -0.1) is 0 Å². The number of methoxy groups -OCH3 is 1. The third-order valence-corrected chi connectivity index (χ3v) is 3.25. The lowest BCUT2D eigenvalue weighted by Gasteiger charge is -2.25. The molecule has 0 heterocycles. The summed E-state index contributed by atoms with van der Waals surface area (Å²) in [5.41, 5.74) is 0.387. The topological polar surface area (TPSA) is 41.9 Å². The SMILES string of the molecule is COCCN(Cc1ccc(F)cc1F)CC(O)COCC(C)C. The smallest absolute Gasteiger partial charge is 0.130 e. The second-order valence-corrected chi connectivity index (χ2v) is 6.05. The van der Waals surface area contributed by atoms with Gasteiger partial charge < -0.3 is 14.6 Å². The first-order chi connectivity index (χ1) is 10.9. The molecule has 0 amide bonds. The molecule has 0 fully saturated rings. The van der Waals surface area contributed by atoms with Crippen LogP contribution in [0.2, 0.25) is 0 Å². The van der Waals surface area contributed by atoms with Gasteiger partial charge in [0, 0.05) is 45.0 Å². The molecule has 1 rings (SSSR count). The molecule has 0 bridgehead atoms. The summed E-state index contributed by atoms with van der Waals surface area (Å²) >= 11 is 0. The second kappa shape index (κ2) is 10.6. The zero-order chi connectivity index (χ0) is 17.2. The van der Waals surface area contributed by atoms with Crippen molar-refractivity contribution in [2.75, 3.05) is 40.0 Å². The summed E-state index contributed by atoms with van der Waals surface area (Å²) in [5.74, 6) is -0.783. The van der Waals surface area contributed by atoms with Crippen molar-refractivity contribution in [1.29, 1.82) is 0 Å². The van der Waals surface area contributed by atoms with Gasteiger partial charge in [0.05, 0.1) is 19.3 Å². The van der Waals surface area contributed by atoms with Crippen LogP contribution in [0.25, 0.3) is 0 Å². The van der Waals surface area contributed by atoms with Crippen LogP contribution in [0.1, 0.15) is 19.4 Å². The average molecular weight is 331 g/mol. The van der Waals surface area contributed by atoms with Crippen LogP contribution in [0.4, 0.5) is 8.78 Å². The molecule has 0 saturated heterocycles. The number of rotatable bonds is 11. The molecule has 1 aromatic carbocycles. The maximum atomic E-state index is 13.8. The maximum Gasteiger partial charge on any atom is 0.130 e. The Bertz CT molecular complexity index is 457. The van der Waals surface area contributed by atoms with Crippen LogP contribution in [0.3, 0.4) is 0 Å². The van der Waals surface area contributed by atoms with Crippen molar-refractivity contribution in [2.45, 2.75) is 26.5 Å². The molecule has 0 aliphatic heterocycles. The van der Waals surface area contributed by atoms with E-state index in [1.54, 1.807) is 7.11 Å². The van der Waals surface area contributed by atoms with Crippen molar-refractivity contribution in [3.8, 4) is 0 Å². The van der Waals surface area contributed by atoms with E-state index in [-0.39, 0.29) is 13.2 Å². The number of hydrogen-bond donors (Lipinski definition) is 1. The fourth-order valence-corrected chi connectivity index (χ4v) is 2.14. The molecule has 1 N–H and O–H groups in total. The largest absolute Gasteiger partial charge is 0.389 e. The number of aliphatic hydroxyl groups is 1. The lowest BCUT2D eigenvalue weighted by molar-refractivity contribution is 0.00319. The highest BCUT2D eigenvalue weighted by Crippen LogP contribution is 2.12. The molecule has 132 valence electrons. The lowest BCUT2D eigenvalue weighted by Crippen LogP contribution is -2.37. The Morgan fingerprint density at radius 2 is 1.96 bits per heavy atom. The minimum atomic E-state index is -0.672. The molecule has 1 aromatic rings. The van der Waals surface area contributed by atoms with Crippen molar-refractivity contribution in [3.63, 3.8) is 0 Å². The van der Waals surface area contributed by atoms with E-state index in [0.717, 1.165) is 6.07 Å². The number of hydrogen-bond acceptors (Lipinski definition) is 4. The Hall–Kier alpha value is -1.08. The van der Waals surface area contributed by atoms with Crippen LogP contribution in [-0.4, -0.2) is 56.1 Å². The van der Waals surface area contributed by atoms with Gasteiger partial charge in [-0.3, -0.25) is 4.90 Å². The highest BCUT2D eigenvalue weighted by atomic mass is 19.1. The van der Waals surface area contributed by atoms with Crippen LogP contribution < -0.4 is 0 Å². The van der Waals surface area contributed by atoms with E-state index in [0.29, 0.717) is 37.8 Å². The molecule has 0 aromatic heterocycles. The molecule has 1 unspecified atom stereocenters. The van der Waals surface area contributed by atoms with Gasteiger partial charge in [-0.2, -0.15) is 0 Å². The fraction of sp³-hybridized carbons (Fsp3) is 0.647. The van der Waals surface area contributed by atoms with Gasteiger partial charge >= 0.3 is 0 Å². The second-order valence-electron chi connectivity index (χ2n) is 6.05. The highest BCUT2D eigenvalue weighted by Gasteiger charge is 2.15. The first-order valence-corrected chi connectivity index (χ1v) is 7.83. The first kappa shape index (κ1) is 20.0. The molecule has 0 radical (unpaired) electrons. The molecular weight excluding hydrogens is 304 g/mol. The third kappa shape index (κ3) is 8.37. The van der Waals surface area contributed by atoms with Crippen LogP contribution in [0.15, 0.2) is 18.2 Å². The Balaban J connectivity index is 2.57. The van der Waals surface area contributed by atoms with E-state index in [1.165, 1.54) is 12.1 Å². The molecule has 6 heteroatoms. The summed E-state index contributed by atoms with van der Waals surface area (Å²) in [7, 11) is 1.58. The summed E-state index contributed by atoms with van der Waals surface area (Å²) < 4.78 is 37.2. The normalized spacial score (nSPS) is 13.0. The minimum Gasteiger partial charge on any atom is -0.389 e. The third-order valence-electron chi connectivity index (χ3n) is 3.25. The number of aliphatic hydroxyl groups excluding tert-OH is 1. The molecule has 0 aliphatic carbocycles. The monoisotopic (exact) mass is 331 g/mol. The number of nitrogens with zero attached hydrogens (tertiary/aromatic N) is 1. The number of halogens is 2. The number of benzene rings is 1. The first-order valence-electron chi connectivity index (χ1n) is 7.83. The average Bonchev–Trinajstić information content (AvgIpc) is 2.47. The van der Waals surface area contributed by atoms with Crippen molar-refractivity contribution >= 4 is 0 Å². The zero-order valence-corrected chi connectivity index (χ0v) is 14.1. The zero-order valence-electron chi connectivity index (χ0n) is 14.1. The van der Waals surface area contributed by atoms with Crippen LogP contribution in [0, 0.1) is 17.6 Å². The van der Waals surface area contributed by atoms with E-state index >= 15 is 0 Å². The molecule has 1 atom stereocenters. The Morgan fingerprint density at radius 1 is 1.22 bits per heavy atom. The molecular formula is C17H27F2NO3. The lowest BCUT2D eigenvalue weighted by atomic mass is 10.2. The highest BCUT2D eigenvalue weighted by molar-refractivity contribution is 5.18. The van der Waals surface area contributed by atoms with Crippen LogP contribution in [0.5, 0.6) is 0 Å². The maximum absolute atomic E-state index is 13.8. The molecule has 0 aliphatic rings. The van der Waals surface area contributed by atoms with Crippen molar-refractivity contribution in [2.24, 2.45) is 5.92 Å². The van der Waals surface area contributed by atoms with Crippen LogP contribution in [-0.2, 0) is 16.0 Å². The van der Waals surface area contributed by atoms with Crippen molar-refractivity contribution < 1.29 is 23.4 Å².